The van der Waals surface area contributed by atoms with Crippen molar-refractivity contribution in [3.8, 4) is 0 Å². The van der Waals surface area contributed by atoms with Crippen LogP contribution in [0.25, 0.3) is 0 Å². The second kappa shape index (κ2) is 6.03. The average molecular weight is 279 g/mol. The number of halogens is 1. The van der Waals surface area contributed by atoms with Gasteiger partial charge in [0.1, 0.15) is 5.82 Å². The minimum atomic E-state index is -0.860. The lowest BCUT2D eigenvalue weighted by molar-refractivity contribution is -0.148. The van der Waals surface area contributed by atoms with E-state index in [0.717, 1.165) is 12.8 Å². The average Bonchev–Trinajstić information content (AvgIpc) is 2.89. The minimum absolute atomic E-state index is 0.0671. The molecule has 108 valence electrons. The molecule has 1 aromatic carbocycles. The third kappa shape index (κ3) is 3.15. The van der Waals surface area contributed by atoms with Gasteiger partial charge >= 0.3 is 5.97 Å². The Bertz CT molecular complexity index is 510. The Labute approximate surface area is 117 Å². The summed E-state index contributed by atoms with van der Waals surface area (Å²) in [5, 5.41) is 11.9. The highest BCUT2D eigenvalue weighted by atomic mass is 19.1. The molecular formula is C15H18FNO3. The van der Waals surface area contributed by atoms with Crippen molar-refractivity contribution in [1.82, 2.24) is 5.32 Å². The van der Waals surface area contributed by atoms with Crippen LogP contribution < -0.4 is 5.32 Å². The maximum absolute atomic E-state index is 13.4. The van der Waals surface area contributed by atoms with Gasteiger partial charge in [-0.05, 0) is 24.5 Å². The molecule has 4 nitrogen and oxygen atoms in total. The molecule has 5 heteroatoms. The molecule has 2 N–H and O–H groups in total. The molecule has 0 atom stereocenters. The third-order valence-electron chi connectivity index (χ3n) is 3.95. The number of carbonyl (C=O) groups is 2. The van der Waals surface area contributed by atoms with Crippen LogP contribution in [0.3, 0.4) is 0 Å². The van der Waals surface area contributed by atoms with E-state index >= 15 is 0 Å². The lowest BCUT2D eigenvalue weighted by atomic mass is 9.86. The first kappa shape index (κ1) is 14.5. The van der Waals surface area contributed by atoms with Gasteiger partial charge in [0.15, 0.2) is 0 Å². The van der Waals surface area contributed by atoms with E-state index in [1.54, 1.807) is 18.2 Å². The molecule has 0 saturated heterocycles. The molecule has 2 rings (SSSR count). The molecule has 1 saturated carbocycles. The Balaban J connectivity index is 1.92. The predicted molar refractivity (Wildman–Crippen MR) is 71.7 cm³/mol. The first-order valence-electron chi connectivity index (χ1n) is 6.77. The zero-order valence-electron chi connectivity index (χ0n) is 11.2. The van der Waals surface area contributed by atoms with Crippen LogP contribution in [0.4, 0.5) is 4.39 Å². The first-order chi connectivity index (χ1) is 9.53. The highest BCUT2D eigenvalue weighted by molar-refractivity contribution is 5.80. The van der Waals surface area contributed by atoms with Crippen LogP contribution in [-0.4, -0.2) is 23.5 Å². The highest BCUT2D eigenvalue weighted by Gasteiger charge is 2.41. The van der Waals surface area contributed by atoms with Gasteiger partial charge in [-0.2, -0.15) is 0 Å². The quantitative estimate of drug-likeness (QED) is 0.867. The lowest BCUT2D eigenvalue weighted by Crippen LogP contribution is -2.41. The van der Waals surface area contributed by atoms with Crippen LogP contribution in [0, 0.1) is 11.2 Å². The number of carbonyl (C=O) groups excluding carboxylic acids is 1. The van der Waals surface area contributed by atoms with E-state index in [9.17, 15) is 19.1 Å². The fourth-order valence-electron chi connectivity index (χ4n) is 2.66. The van der Waals surface area contributed by atoms with Crippen molar-refractivity contribution >= 4 is 11.9 Å². The smallest absolute Gasteiger partial charge is 0.311 e. The van der Waals surface area contributed by atoms with Gasteiger partial charge < -0.3 is 10.4 Å². The summed E-state index contributed by atoms with van der Waals surface area (Å²) in [5.74, 6) is -1.62. The molecule has 1 aliphatic carbocycles. The fraction of sp³-hybridized carbons (Fsp3) is 0.467. The molecular weight excluding hydrogens is 261 g/mol. The van der Waals surface area contributed by atoms with Crippen molar-refractivity contribution in [3.05, 3.63) is 35.6 Å². The monoisotopic (exact) mass is 279 g/mol. The van der Waals surface area contributed by atoms with E-state index in [1.807, 2.05) is 0 Å². The number of benzene rings is 1. The van der Waals surface area contributed by atoms with E-state index in [1.165, 1.54) is 6.07 Å². The van der Waals surface area contributed by atoms with Crippen LogP contribution in [0.1, 0.15) is 31.2 Å². The van der Waals surface area contributed by atoms with Crippen LogP contribution in [0.5, 0.6) is 0 Å². The van der Waals surface area contributed by atoms with Crippen LogP contribution >= 0.6 is 0 Å². The predicted octanol–water partition coefficient (Wildman–Crippen LogP) is 2.13. The Morgan fingerprint density at radius 2 is 1.90 bits per heavy atom. The van der Waals surface area contributed by atoms with Gasteiger partial charge in [-0.25, -0.2) is 4.39 Å². The molecule has 1 fully saturated rings. The molecule has 0 aliphatic heterocycles. The molecule has 0 unspecified atom stereocenters. The summed E-state index contributed by atoms with van der Waals surface area (Å²) >= 11 is 0. The molecule has 1 amide bonds. The standard InChI is InChI=1S/C15H18FNO3/c16-12-6-2-1-5-11(12)9-13(18)17-10-15(14(19)20)7-3-4-8-15/h1-2,5-6H,3-4,7-10H2,(H,17,18)(H,19,20). The highest BCUT2D eigenvalue weighted by Crippen LogP contribution is 2.37. The summed E-state index contributed by atoms with van der Waals surface area (Å²) in [7, 11) is 0. The zero-order valence-corrected chi connectivity index (χ0v) is 11.2. The summed E-state index contributed by atoms with van der Waals surface area (Å²) in [5.41, 5.74) is -0.522. The molecule has 1 aromatic rings. The van der Waals surface area contributed by atoms with E-state index in [-0.39, 0.29) is 18.9 Å². The number of carboxylic acid groups (broad SMARTS) is 1. The van der Waals surface area contributed by atoms with E-state index in [4.69, 9.17) is 0 Å². The SMILES string of the molecule is O=C(Cc1ccccc1F)NCC1(C(=O)O)CCCC1. The summed E-state index contributed by atoms with van der Waals surface area (Å²) in [6, 6.07) is 6.09. The van der Waals surface area contributed by atoms with Gasteiger partial charge in [0, 0.05) is 6.54 Å². The molecule has 20 heavy (non-hydrogen) atoms. The Hall–Kier alpha value is -1.91. The fourth-order valence-corrected chi connectivity index (χ4v) is 2.66. The molecule has 0 heterocycles. The first-order valence-corrected chi connectivity index (χ1v) is 6.77. The molecule has 1 aliphatic rings. The van der Waals surface area contributed by atoms with Gasteiger partial charge in [0.25, 0.3) is 0 Å². The Morgan fingerprint density at radius 1 is 1.25 bits per heavy atom. The molecule has 0 aromatic heterocycles. The number of nitrogens with one attached hydrogen (secondary N) is 1. The van der Waals surface area contributed by atoms with Crippen LogP contribution in [-0.2, 0) is 16.0 Å². The Morgan fingerprint density at radius 3 is 2.50 bits per heavy atom. The number of amides is 1. The number of hydrogen-bond donors (Lipinski definition) is 2. The number of aliphatic carboxylic acids is 1. The van der Waals surface area contributed by atoms with Crippen molar-refractivity contribution in [2.24, 2.45) is 5.41 Å². The third-order valence-corrected chi connectivity index (χ3v) is 3.95. The van der Waals surface area contributed by atoms with Gasteiger partial charge in [-0.1, -0.05) is 31.0 Å². The van der Waals surface area contributed by atoms with Crippen molar-refractivity contribution in [2.75, 3.05) is 6.54 Å². The van der Waals surface area contributed by atoms with Gasteiger partial charge in [-0.3, -0.25) is 9.59 Å². The second-order valence-electron chi connectivity index (χ2n) is 5.34. The van der Waals surface area contributed by atoms with Gasteiger partial charge in [0.2, 0.25) is 5.91 Å². The number of hydrogen-bond acceptors (Lipinski definition) is 2. The van der Waals surface area contributed by atoms with Crippen LogP contribution in [0.2, 0.25) is 0 Å². The molecule has 0 radical (unpaired) electrons. The Kier molecular flexibility index (Phi) is 4.37. The second-order valence-corrected chi connectivity index (χ2v) is 5.34. The van der Waals surface area contributed by atoms with E-state index < -0.39 is 17.2 Å². The number of rotatable bonds is 5. The normalized spacial score (nSPS) is 16.9. The lowest BCUT2D eigenvalue weighted by Gasteiger charge is -2.23. The van der Waals surface area contributed by atoms with Crippen molar-refractivity contribution in [2.45, 2.75) is 32.1 Å². The van der Waals surface area contributed by atoms with Gasteiger partial charge in [-0.15, -0.1) is 0 Å². The minimum Gasteiger partial charge on any atom is -0.481 e. The maximum Gasteiger partial charge on any atom is 0.311 e. The van der Waals surface area contributed by atoms with Crippen molar-refractivity contribution < 1.29 is 19.1 Å². The summed E-state index contributed by atoms with van der Waals surface area (Å²) < 4.78 is 13.4. The van der Waals surface area contributed by atoms with Crippen molar-refractivity contribution in [3.63, 3.8) is 0 Å². The topological polar surface area (TPSA) is 66.4 Å². The zero-order chi connectivity index (χ0) is 14.6. The summed E-state index contributed by atoms with van der Waals surface area (Å²) in [4.78, 5) is 23.2. The largest absolute Gasteiger partial charge is 0.481 e. The van der Waals surface area contributed by atoms with E-state index in [0.29, 0.717) is 18.4 Å². The van der Waals surface area contributed by atoms with Crippen molar-refractivity contribution in [1.29, 1.82) is 0 Å². The summed E-state index contributed by atoms with van der Waals surface area (Å²) in [6.45, 7) is 0.121. The molecule has 0 bridgehead atoms. The van der Waals surface area contributed by atoms with Gasteiger partial charge in [0.05, 0.1) is 11.8 Å². The number of carboxylic acids is 1. The summed E-state index contributed by atoms with van der Waals surface area (Å²) in [6.07, 6.45) is 2.85. The maximum atomic E-state index is 13.4. The molecule has 0 spiro atoms. The van der Waals surface area contributed by atoms with Crippen LogP contribution in [0.15, 0.2) is 24.3 Å². The van der Waals surface area contributed by atoms with E-state index in [2.05, 4.69) is 5.32 Å².